The molecule has 0 aromatic heterocycles. The predicted molar refractivity (Wildman–Crippen MR) is 260 cm³/mol. The van der Waals surface area contributed by atoms with Crippen LogP contribution in [-0.2, 0) is 33.1 Å². The fourth-order valence-corrected chi connectivity index (χ4v) is 13.1. The molecule has 0 atom stereocenters. The van der Waals surface area contributed by atoms with E-state index in [0.717, 1.165) is 55.2 Å². The van der Waals surface area contributed by atoms with Crippen LogP contribution < -0.4 is 0 Å². The van der Waals surface area contributed by atoms with Crippen LogP contribution >= 0.6 is 15.9 Å². The van der Waals surface area contributed by atoms with E-state index in [4.69, 9.17) is 9.47 Å². The van der Waals surface area contributed by atoms with Gasteiger partial charge in [0.05, 0.1) is 13.2 Å². The second kappa shape index (κ2) is 16.1. The quantitative estimate of drug-likeness (QED) is 0.166. The van der Waals surface area contributed by atoms with Crippen LogP contribution in [0.5, 0.6) is 0 Å². The normalized spacial score (nSPS) is 21.8. The molecule has 2 saturated carbocycles. The molecule has 1 spiro atoms. The van der Waals surface area contributed by atoms with Crippen LogP contribution in [-0.4, -0.2) is 19.0 Å². The van der Waals surface area contributed by atoms with Crippen molar-refractivity contribution in [2.75, 3.05) is 13.2 Å². The first-order valence-corrected chi connectivity index (χ1v) is 24.7. The summed E-state index contributed by atoms with van der Waals surface area (Å²) in [5.41, 5.74) is 16.1. The Morgan fingerprint density at radius 3 is 1.56 bits per heavy atom. The van der Waals surface area contributed by atoms with Crippen molar-refractivity contribution in [3.8, 4) is 22.3 Å². The van der Waals surface area contributed by atoms with E-state index in [2.05, 4.69) is 155 Å². The monoisotopic (exact) mass is 872 g/mol. The summed E-state index contributed by atoms with van der Waals surface area (Å²) in [5.74, 6) is 2.24. The zero-order valence-corrected chi connectivity index (χ0v) is 39.1. The lowest BCUT2D eigenvalue weighted by atomic mass is 9.66. The third kappa shape index (κ3) is 7.05. The summed E-state index contributed by atoms with van der Waals surface area (Å²) in [4.78, 5) is 0. The highest BCUT2D eigenvalue weighted by Crippen LogP contribution is 2.53. The molecule has 1 saturated heterocycles. The molecule has 2 nitrogen and oxygen atoms in total. The van der Waals surface area contributed by atoms with E-state index in [0.29, 0.717) is 5.92 Å². The molecule has 0 N–H and O–H groups in total. The van der Waals surface area contributed by atoms with Crippen LogP contribution in [0.2, 0.25) is 0 Å². The molecule has 11 rings (SSSR count). The average molecular weight is 874 g/mol. The Balaban J connectivity index is 0.000000165. The largest absolute Gasteiger partial charge is 0.348 e. The van der Waals surface area contributed by atoms with Gasteiger partial charge in [-0.2, -0.15) is 0 Å². The molecule has 316 valence electrons. The molecule has 6 aromatic rings. The summed E-state index contributed by atoms with van der Waals surface area (Å²) in [7, 11) is 0. The lowest BCUT2D eigenvalue weighted by Gasteiger charge is -2.41. The van der Waals surface area contributed by atoms with E-state index in [9.17, 15) is 0 Å². The number of hydrogen-bond donors (Lipinski definition) is 0. The molecule has 1 heterocycles. The van der Waals surface area contributed by atoms with Gasteiger partial charge in [-0.05, 0) is 164 Å². The number of ether oxygens (including phenoxy) is 2. The molecular weight excluding hydrogens is 809 g/mol. The third-order valence-electron chi connectivity index (χ3n) is 16.1. The van der Waals surface area contributed by atoms with Crippen molar-refractivity contribution in [2.24, 2.45) is 11.8 Å². The number of fused-ring (bicyclic) bond motifs is 4. The fraction of sp³-hybridized carbons (Fsp3) is 0.448. The summed E-state index contributed by atoms with van der Waals surface area (Å²) in [6, 6.07) is 37.6. The number of aryl methyl sites for hydroxylation is 2. The molecule has 0 bridgehead atoms. The van der Waals surface area contributed by atoms with Crippen LogP contribution in [0.15, 0.2) is 102 Å². The maximum Gasteiger partial charge on any atom is 0.168 e. The van der Waals surface area contributed by atoms with E-state index in [-0.39, 0.29) is 16.6 Å². The van der Waals surface area contributed by atoms with Gasteiger partial charge in [0, 0.05) is 28.1 Å². The maximum absolute atomic E-state index is 5.99. The number of halogens is 1. The Hall–Kier alpha value is -3.76. The van der Waals surface area contributed by atoms with Gasteiger partial charge in [-0.1, -0.05) is 155 Å². The Bertz CT molecular complexity index is 2610. The van der Waals surface area contributed by atoms with Crippen molar-refractivity contribution in [2.45, 2.75) is 141 Å². The van der Waals surface area contributed by atoms with E-state index in [1.807, 2.05) is 0 Å². The second-order valence-electron chi connectivity index (χ2n) is 20.3. The lowest BCUT2D eigenvalue weighted by molar-refractivity contribution is -0.185. The lowest BCUT2D eigenvalue weighted by Crippen LogP contribution is -2.37. The fourth-order valence-electron chi connectivity index (χ4n) is 12.8. The van der Waals surface area contributed by atoms with Crippen LogP contribution in [0, 0.1) is 11.8 Å². The smallest absolute Gasteiger partial charge is 0.168 e. The van der Waals surface area contributed by atoms with Gasteiger partial charge in [0.25, 0.3) is 0 Å². The topological polar surface area (TPSA) is 18.5 Å². The first-order valence-electron chi connectivity index (χ1n) is 23.9. The highest BCUT2D eigenvalue weighted by molar-refractivity contribution is 9.10. The van der Waals surface area contributed by atoms with E-state index in [1.54, 1.807) is 5.56 Å². The Kier molecular flexibility index (Phi) is 10.9. The molecule has 3 fully saturated rings. The standard InChI is InChI=1S/C36H44O2.C22H21Br/c1-4-6-27-13-16-31-30-15-14-28(23-33(30)35(2,3)32-8-5-7-29(27)34(31)32)25-11-9-24(10-12-25)26-17-19-36(20-18-26)37-21-22-38-36;1-4-6-14-9-11-18-17-12-10-15(23)13-20(17)22(2,3)19-8-5-7-16(14)21(18)19/h5,7-8,13-16,23-26H,4,6,9-12,17-22H2,1-3H3;5,7-13H,4,6H2,1-3H3. The maximum atomic E-state index is 5.99. The van der Waals surface area contributed by atoms with Crippen molar-refractivity contribution >= 4 is 37.5 Å². The molecule has 61 heavy (non-hydrogen) atoms. The molecule has 0 amide bonds. The van der Waals surface area contributed by atoms with Gasteiger partial charge >= 0.3 is 0 Å². The minimum absolute atomic E-state index is 0.0162. The van der Waals surface area contributed by atoms with Gasteiger partial charge < -0.3 is 9.47 Å². The summed E-state index contributed by atoms with van der Waals surface area (Å²) in [6.07, 6.45) is 14.9. The van der Waals surface area contributed by atoms with Gasteiger partial charge in [0.15, 0.2) is 5.79 Å². The van der Waals surface area contributed by atoms with Gasteiger partial charge in [-0.3, -0.25) is 0 Å². The molecular formula is C58H65BrO2. The zero-order valence-electron chi connectivity index (χ0n) is 37.6. The van der Waals surface area contributed by atoms with Gasteiger partial charge in [-0.25, -0.2) is 0 Å². The predicted octanol–water partition coefficient (Wildman–Crippen LogP) is 16.2. The Morgan fingerprint density at radius 2 is 1.02 bits per heavy atom. The molecule has 1 aliphatic heterocycles. The summed E-state index contributed by atoms with van der Waals surface area (Å²) >= 11 is 3.65. The van der Waals surface area contributed by atoms with Gasteiger partial charge in [-0.15, -0.1) is 0 Å². The van der Waals surface area contributed by atoms with Crippen molar-refractivity contribution in [1.82, 2.24) is 0 Å². The SMILES string of the molecule is CCCc1ccc2c3c(cccc13)C(C)(C)c1cc(Br)ccc1-2.CCCc1ccc2c3c(cccc13)C(C)(C)c1cc(C3CCC(C4CCC5(CC4)OCCO5)CC3)ccc1-2. The van der Waals surface area contributed by atoms with Crippen molar-refractivity contribution in [1.29, 1.82) is 0 Å². The van der Waals surface area contributed by atoms with Crippen molar-refractivity contribution in [3.05, 3.63) is 140 Å². The van der Waals surface area contributed by atoms with Crippen molar-refractivity contribution in [3.63, 3.8) is 0 Å². The molecule has 0 unspecified atom stereocenters. The highest BCUT2D eigenvalue weighted by Gasteiger charge is 2.43. The molecule has 3 heteroatoms. The molecule has 5 aliphatic rings. The molecule has 0 radical (unpaired) electrons. The van der Waals surface area contributed by atoms with Gasteiger partial charge in [0.1, 0.15) is 0 Å². The Morgan fingerprint density at radius 1 is 0.525 bits per heavy atom. The van der Waals surface area contributed by atoms with Gasteiger partial charge in [0.2, 0.25) is 0 Å². The molecule has 4 aliphatic carbocycles. The third-order valence-corrected chi connectivity index (χ3v) is 16.6. The minimum atomic E-state index is -0.218. The summed E-state index contributed by atoms with van der Waals surface area (Å²) < 4.78 is 13.1. The van der Waals surface area contributed by atoms with E-state index < -0.39 is 0 Å². The molecule has 6 aromatic carbocycles. The van der Waals surface area contributed by atoms with Crippen molar-refractivity contribution < 1.29 is 9.47 Å². The van der Waals surface area contributed by atoms with E-state index >= 15 is 0 Å². The van der Waals surface area contributed by atoms with Crippen LogP contribution in [0.4, 0.5) is 0 Å². The van der Waals surface area contributed by atoms with Crippen LogP contribution in [0.25, 0.3) is 43.8 Å². The zero-order chi connectivity index (χ0) is 42.1. The van der Waals surface area contributed by atoms with Crippen LogP contribution in [0.1, 0.15) is 151 Å². The highest BCUT2D eigenvalue weighted by atomic mass is 79.9. The summed E-state index contributed by atoms with van der Waals surface area (Å²) in [5, 5.41) is 5.84. The first-order chi connectivity index (χ1) is 29.5. The number of benzene rings is 6. The van der Waals surface area contributed by atoms with Crippen LogP contribution in [0.3, 0.4) is 0 Å². The average Bonchev–Trinajstić information content (AvgIpc) is 3.73. The minimum Gasteiger partial charge on any atom is -0.348 e. The Labute approximate surface area is 374 Å². The summed E-state index contributed by atoms with van der Waals surface area (Å²) in [6.45, 7) is 15.7. The van der Waals surface area contributed by atoms with E-state index in [1.165, 1.54) is 129 Å². The second-order valence-corrected chi connectivity index (χ2v) is 21.2. The number of rotatable bonds is 6. The first kappa shape index (κ1) is 41.3. The number of hydrogen-bond acceptors (Lipinski definition) is 2.